The summed E-state index contributed by atoms with van der Waals surface area (Å²) >= 11 is 6.21. The summed E-state index contributed by atoms with van der Waals surface area (Å²) in [5.74, 6) is -0.329. The number of pyridine rings is 1. The molecule has 86 valence electrons. The smallest absolute Gasteiger partial charge is 0.339 e. The maximum Gasteiger partial charge on any atom is 0.339 e. The summed E-state index contributed by atoms with van der Waals surface area (Å²) in [7, 11) is 1.38. The third-order valence-corrected chi connectivity index (χ3v) is 3.36. The lowest BCUT2D eigenvalue weighted by molar-refractivity contribution is 0.0599. The molecule has 0 saturated heterocycles. The normalized spacial score (nSPS) is 19.1. The molecule has 0 saturated carbocycles. The van der Waals surface area contributed by atoms with E-state index < -0.39 is 0 Å². The van der Waals surface area contributed by atoms with Crippen molar-refractivity contribution in [1.82, 2.24) is 4.98 Å². The van der Waals surface area contributed by atoms with Gasteiger partial charge in [-0.25, -0.2) is 4.79 Å². The van der Waals surface area contributed by atoms with Gasteiger partial charge in [-0.1, -0.05) is 0 Å². The van der Waals surface area contributed by atoms with E-state index in [0.29, 0.717) is 11.3 Å². The minimum Gasteiger partial charge on any atom is -0.465 e. The fourth-order valence-corrected chi connectivity index (χ4v) is 2.41. The molecular formula is C12H14ClNO2. The molecule has 1 aromatic rings. The highest BCUT2D eigenvalue weighted by Gasteiger charge is 2.22. The maximum atomic E-state index is 11.5. The average Bonchev–Trinajstić information content (AvgIpc) is 2.29. The van der Waals surface area contributed by atoms with E-state index >= 15 is 0 Å². The minimum absolute atomic E-state index is 0.0193. The van der Waals surface area contributed by atoms with Crippen molar-refractivity contribution in [3.05, 3.63) is 28.6 Å². The first kappa shape index (κ1) is 11.4. The van der Waals surface area contributed by atoms with Gasteiger partial charge >= 0.3 is 5.97 Å². The summed E-state index contributed by atoms with van der Waals surface area (Å²) < 4.78 is 4.72. The SMILES string of the molecule is COC(=O)c1cc2c(nc1C)C(Cl)CCC2. The molecule has 1 aliphatic carbocycles. The summed E-state index contributed by atoms with van der Waals surface area (Å²) in [5, 5.41) is -0.0193. The van der Waals surface area contributed by atoms with E-state index in [1.165, 1.54) is 7.11 Å². The Kier molecular flexibility index (Phi) is 3.15. The number of halogens is 1. The standard InChI is InChI=1S/C12H14ClNO2/c1-7-9(12(15)16-2)6-8-4-3-5-10(13)11(8)14-7/h6,10H,3-5H2,1-2H3. The van der Waals surface area contributed by atoms with E-state index in [2.05, 4.69) is 4.98 Å². The van der Waals surface area contributed by atoms with E-state index in [0.717, 1.165) is 30.5 Å². The molecule has 0 radical (unpaired) electrons. The third-order valence-electron chi connectivity index (χ3n) is 2.93. The topological polar surface area (TPSA) is 39.2 Å². The molecule has 16 heavy (non-hydrogen) atoms. The first-order valence-electron chi connectivity index (χ1n) is 5.36. The van der Waals surface area contributed by atoms with Crippen LogP contribution in [0.5, 0.6) is 0 Å². The number of rotatable bonds is 1. The van der Waals surface area contributed by atoms with Gasteiger partial charge in [0.2, 0.25) is 0 Å². The Morgan fingerprint density at radius 2 is 2.38 bits per heavy atom. The molecular weight excluding hydrogens is 226 g/mol. The summed E-state index contributed by atoms with van der Waals surface area (Å²) in [6.07, 6.45) is 2.95. The lowest BCUT2D eigenvalue weighted by Crippen LogP contribution is -2.13. The Balaban J connectivity index is 2.48. The second kappa shape index (κ2) is 4.42. The number of carbonyl (C=O) groups is 1. The second-order valence-corrected chi connectivity index (χ2v) is 4.54. The first-order valence-corrected chi connectivity index (χ1v) is 5.80. The van der Waals surface area contributed by atoms with Crippen molar-refractivity contribution in [3.8, 4) is 0 Å². The number of methoxy groups -OCH3 is 1. The fourth-order valence-electron chi connectivity index (χ4n) is 2.06. The van der Waals surface area contributed by atoms with E-state index in [4.69, 9.17) is 16.3 Å². The van der Waals surface area contributed by atoms with Crippen LogP contribution in [0.15, 0.2) is 6.07 Å². The van der Waals surface area contributed by atoms with Gasteiger partial charge in [-0.3, -0.25) is 4.98 Å². The minimum atomic E-state index is -0.329. The van der Waals surface area contributed by atoms with Crippen LogP contribution in [0.3, 0.4) is 0 Å². The Hall–Kier alpha value is -1.09. The van der Waals surface area contributed by atoms with Gasteiger partial charge < -0.3 is 4.74 Å². The van der Waals surface area contributed by atoms with E-state index in [1.807, 2.05) is 13.0 Å². The molecule has 1 unspecified atom stereocenters. The molecule has 1 heterocycles. The first-order chi connectivity index (χ1) is 7.63. The van der Waals surface area contributed by atoms with Crippen LogP contribution in [0.1, 0.15) is 45.5 Å². The number of hydrogen-bond acceptors (Lipinski definition) is 3. The van der Waals surface area contributed by atoms with Gasteiger partial charge in [0.15, 0.2) is 0 Å². The van der Waals surface area contributed by atoms with E-state index in [9.17, 15) is 4.79 Å². The van der Waals surface area contributed by atoms with Crippen LogP contribution in [0.2, 0.25) is 0 Å². The van der Waals surface area contributed by atoms with Crippen molar-refractivity contribution < 1.29 is 9.53 Å². The van der Waals surface area contributed by atoms with Crippen LogP contribution in [-0.2, 0) is 11.2 Å². The van der Waals surface area contributed by atoms with Crippen LogP contribution in [0.25, 0.3) is 0 Å². The Labute approximate surface area is 99.8 Å². The quantitative estimate of drug-likeness (QED) is 0.559. The molecule has 0 bridgehead atoms. The maximum absolute atomic E-state index is 11.5. The highest BCUT2D eigenvalue weighted by atomic mass is 35.5. The highest BCUT2D eigenvalue weighted by Crippen LogP contribution is 2.34. The van der Waals surface area contributed by atoms with Crippen molar-refractivity contribution in [1.29, 1.82) is 0 Å². The molecule has 2 rings (SSSR count). The number of fused-ring (bicyclic) bond motifs is 1. The van der Waals surface area contributed by atoms with Gasteiger partial charge in [-0.05, 0) is 37.8 Å². The number of nitrogens with zero attached hydrogens (tertiary/aromatic N) is 1. The van der Waals surface area contributed by atoms with Crippen molar-refractivity contribution in [2.75, 3.05) is 7.11 Å². The van der Waals surface area contributed by atoms with Gasteiger partial charge in [0.1, 0.15) is 0 Å². The zero-order valence-electron chi connectivity index (χ0n) is 9.42. The number of alkyl halides is 1. The molecule has 0 spiro atoms. The second-order valence-electron chi connectivity index (χ2n) is 4.02. The third kappa shape index (κ3) is 1.92. The Bertz CT molecular complexity index is 431. The molecule has 1 aromatic heterocycles. The molecule has 0 amide bonds. The van der Waals surface area contributed by atoms with Gasteiger partial charge in [0.05, 0.1) is 29.4 Å². The Morgan fingerprint density at radius 1 is 1.62 bits per heavy atom. The number of aromatic nitrogens is 1. The van der Waals surface area contributed by atoms with E-state index in [-0.39, 0.29) is 11.3 Å². The number of ether oxygens (including phenoxy) is 1. The van der Waals surface area contributed by atoms with Crippen molar-refractivity contribution >= 4 is 17.6 Å². The van der Waals surface area contributed by atoms with Gasteiger partial charge in [-0.2, -0.15) is 0 Å². The number of esters is 1. The zero-order valence-corrected chi connectivity index (χ0v) is 10.2. The number of aryl methyl sites for hydroxylation is 2. The lowest BCUT2D eigenvalue weighted by atomic mass is 9.94. The molecule has 4 heteroatoms. The fraction of sp³-hybridized carbons (Fsp3) is 0.500. The molecule has 0 N–H and O–H groups in total. The monoisotopic (exact) mass is 239 g/mol. The van der Waals surface area contributed by atoms with Crippen molar-refractivity contribution in [2.45, 2.75) is 31.6 Å². The van der Waals surface area contributed by atoms with Crippen LogP contribution in [-0.4, -0.2) is 18.1 Å². The van der Waals surface area contributed by atoms with Crippen molar-refractivity contribution in [2.24, 2.45) is 0 Å². The molecule has 1 aliphatic rings. The zero-order chi connectivity index (χ0) is 11.7. The number of hydrogen-bond donors (Lipinski definition) is 0. The summed E-state index contributed by atoms with van der Waals surface area (Å²) in [6, 6.07) is 1.87. The van der Waals surface area contributed by atoms with E-state index in [1.54, 1.807) is 0 Å². The molecule has 3 nitrogen and oxygen atoms in total. The summed E-state index contributed by atoms with van der Waals surface area (Å²) in [6.45, 7) is 1.81. The van der Waals surface area contributed by atoms with Gasteiger partial charge in [0.25, 0.3) is 0 Å². The van der Waals surface area contributed by atoms with Crippen LogP contribution >= 0.6 is 11.6 Å². The lowest BCUT2D eigenvalue weighted by Gasteiger charge is -2.20. The Morgan fingerprint density at radius 3 is 3.06 bits per heavy atom. The average molecular weight is 240 g/mol. The number of carbonyl (C=O) groups excluding carboxylic acids is 1. The summed E-state index contributed by atoms with van der Waals surface area (Å²) in [5.41, 5.74) is 3.25. The molecule has 1 atom stereocenters. The van der Waals surface area contributed by atoms with Crippen LogP contribution in [0, 0.1) is 6.92 Å². The predicted octanol–water partition coefficient (Wildman–Crippen LogP) is 2.79. The van der Waals surface area contributed by atoms with Crippen LogP contribution in [0.4, 0.5) is 0 Å². The van der Waals surface area contributed by atoms with Crippen LogP contribution < -0.4 is 0 Å². The molecule has 0 aliphatic heterocycles. The largest absolute Gasteiger partial charge is 0.465 e. The highest BCUT2D eigenvalue weighted by molar-refractivity contribution is 6.20. The molecule has 0 fully saturated rings. The van der Waals surface area contributed by atoms with Gasteiger partial charge in [0, 0.05) is 0 Å². The van der Waals surface area contributed by atoms with Gasteiger partial charge in [-0.15, -0.1) is 11.6 Å². The van der Waals surface area contributed by atoms with Crippen molar-refractivity contribution in [3.63, 3.8) is 0 Å². The molecule has 0 aromatic carbocycles. The predicted molar refractivity (Wildman–Crippen MR) is 61.8 cm³/mol. The summed E-state index contributed by atoms with van der Waals surface area (Å²) in [4.78, 5) is 15.9.